The van der Waals surface area contributed by atoms with Gasteiger partial charge in [-0.25, -0.2) is 4.79 Å². The van der Waals surface area contributed by atoms with Gasteiger partial charge in [0.05, 0.1) is 0 Å². The Labute approximate surface area is 146 Å². The third kappa shape index (κ3) is 4.15. The van der Waals surface area contributed by atoms with Crippen LogP contribution in [0.3, 0.4) is 0 Å². The van der Waals surface area contributed by atoms with Crippen LogP contribution in [0.2, 0.25) is 0 Å². The fraction of sp³-hybridized carbons (Fsp3) is 0.316. The minimum atomic E-state index is -1.11. The Morgan fingerprint density at radius 3 is 2.36 bits per heavy atom. The van der Waals surface area contributed by atoms with Gasteiger partial charge < -0.3 is 15.4 Å². The second-order valence-corrected chi connectivity index (χ2v) is 5.94. The highest BCUT2D eigenvalue weighted by Gasteiger charge is 2.26. The van der Waals surface area contributed by atoms with Crippen LogP contribution in [0.25, 0.3) is 0 Å². The number of aryl methyl sites for hydroxylation is 1. The predicted molar refractivity (Wildman–Crippen MR) is 93.9 cm³/mol. The molecule has 25 heavy (non-hydrogen) atoms. The summed E-state index contributed by atoms with van der Waals surface area (Å²) in [5.41, 5.74) is 2.81. The summed E-state index contributed by atoms with van der Waals surface area (Å²) in [6, 6.07) is 8.05. The highest BCUT2D eigenvalue weighted by atomic mass is 16.4. The van der Waals surface area contributed by atoms with Gasteiger partial charge in [-0.15, -0.1) is 0 Å². The van der Waals surface area contributed by atoms with E-state index in [1.54, 1.807) is 6.92 Å². The quantitative estimate of drug-likeness (QED) is 0.673. The zero-order valence-electron chi connectivity index (χ0n) is 14.6. The summed E-state index contributed by atoms with van der Waals surface area (Å²) in [6.45, 7) is 5.03. The Bertz CT molecular complexity index is 793. The Morgan fingerprint density at radius 1 is 1.20 bits per heavy atom. The fourth-order valence-corrected chi connectivity index (χ4v) is 2.98. The smallest absolute Gasteiger partial charge is 0.326 e. The predicted octanol–water partition coefficient (Wildman–Crippen LogP) is 2.51. The normalized spacial score (nSPS) is 11.8. The molecule has 132 valence electrons. The monoisotopic (exact) mass is 342 g/mol. The molecule has 6 heteroatoms. The van der Waals surface area contributed by atoms with Crippen molar-refractivity contribution < 1.29 is 19.5 Å². The van der Waals surface area contributed by atoms with Crippen molar-refractivity contribution in [3.05, 3.63) is 58.4 Å². The lowest BCUT2D eigenvalue weighted by molar-refractivity contribution is -0.139. The molecule has 2 aromatic rings. The van der Waals surface area contributed by atoms with Crippen LogP contribution < -0.4 is 5.32 Å². The van der Waals surface area contributed by atoms with Crippen LogP contribution in [0.5, 0.6) is 0 Å². The van der Waals surface area contributed by atoms with E-state index in [-0.39, 0.29) is 17.9 Å². The molecule has 1 aromatic heterocycles. The van der Waals surface area contributed by atoms with Crippen LogP contribution in [-0.2, 0) is 17.6 Å². The minimum absolute atomic E-state index is 0.122. The topological polar surface area (TPSA) is 99.3 Å². The molecule has 6 nitrogen and oxygen atoms in total. The van der Waals surface area contributed by atoms with Gasteiger partial charge in [-0.1, -0.05) is 37.3 Å². The van der Waals surface area contributed by atoms with E-state index in [1.165, 1.54) is 6.92 Å². The molecule has 0 bridgehead atoms. The van der Waals surface area contributed by atoms with Crippen LogP contribution in [-0.4, -0.2) is 33.8 Å². The summed E-state index contributed by atoms with van der Waals surface area (Å²) < 4.78 is 0. The van der Waals surface area contributed by atoms with Gasteiger partial charge in [-0.3, -0.25) is 9.59 Å². The van der Waals surface area contributed by atoms with Crippen LogP contribution in [0.4, 0.5) is 0 Å². The minimum Gasteiger partial charge on any atom is -0.480 e. The number of hydrogen-bond acceptors (Lipinski definition) is 3. The van der Waals surface area contributed by atoms with Gasteiger partial charge in [0.25, 0.3) is 5.91 Å². The third-order valence-electron chi connectivity index (χ3n) is 4.11. The molecule has 0 aliphatic rings. The lowest BCUT2D eigenvalue weighted by atomic mass is 10.0. The summed E-state index contributed by atoms with van der Waals surface area (Å²) in [5.74, 6) is -1.75. The van der Waals surface area contributed by atoms with E-state index < -0.39 is 17.9 Å². The number of H-pyrrole nitrogens is 1. The number of nitrogens with one attached hydrogen (secondary N) is 2. The zero-order chi connectivity index (χ0) is 18.6. The van der Waals surface area contributed by atoms with E-state index in [9.17, 15) is 19.5 Å². The van der Waals surface area contributed by atoms with Gasteiger partial charge in [-0.2, -0.15) is 0 Å². The van der Waals surface area contributed by atoms with E-state index >= 15 is 0 Å². The Kier molecular flexibility index (Phi) is 5.75. The SMILES string of the molecule is CCc1c(C(=O)N[C@@H](Cc2ccccc2)C(=O)O)[nH]c(C)c1C(C)=O. The highest BCUT2D eigenvalue weighted by Crippen LogP contribution is 2.20. The number of rotatable bonds is 7. The summed E-state index contributed by atoms with van der Waals surface area (Å²) in [5, 5.41) is 12.0. The molecule has 2 rings (SSSR count). The van der Waals surface area contributed by atoms with Gasteiger partial charge in [-0.05, 0) is 31.4 Å². The number of benzene rings is 1. The van der Waals surface area contributed by atoms with E-state index in [0.717, 1.165) is 5.56 Å². The Morgan fingerprint density at radius 2 is 1.84 bits per heavy atom. The number of Topliss-reactive ketones (excluding diaryl/α,β-unsaturated/α-hetero) is 1. The van der Waals surface area contributed by atoms with E-state index in [2.05, 4.69) is 10.3 Å². The molecule has 1 amide bonds. The third-order valence-corrected chi connectivity index (χ3v) is 4.11. The number of carbonyl (C=O) groups is 3. The molecular formula is C19H22N2O4. The van der Waals surface area contributed by atoms with E-state index in [4.69, 9.17) is 0 Å². The first-order valence-electron chi connectivity index (χ1n) is 8.15. The summed E-state index contributed by atoms with van der Waals surface area (Å²) in [4.78, 5) is 38.9. The number of aromatic nitrogens is 1. The van der Waals surface area contributed by atoms with Crippen molar-refractivity contribution in [2.75, 3.05) is 0 Å². The lowest BCUT2D eigenvalue weighted by Gasteiger charge is -2.15. The highest BCUT2D eigenvalue weighted by molar-refractivity contribution is 6.03. The number of amides is 1. The van der Waals surface area contributed by atoms with Crippen LogP contribution in [0, 0.1) is 6.92 Å². The molecule has 0 aliphatic carbocycles. The molecule has 0 unspecified atom stereocenters. The fourth-order valence-electron chi connectivity index (χ4n) is 2.98. The molecule has 1 atom stereocenters. The largest absolute Gasteiger partial charge is 0.480 e. The summed E-state index contributed by atoms with van der Waals surface area (Å²) >= 11 is 0. The molecule has 0 fully saturated rings. The summed E-state index contributed by atoms with van der Waals surface area (Å²) in [7, 11) is 0. The van der Waals surface area contributed by atoms with Crippen molar-refractivity contribution in [3.63, 3.8) is 0 Å². The first-order valence-corrected chi connectivity index (χ1v) is 8.15. The average molecular weight is 342 g/mol. The van der Waals surface area contributed by atoms with Crippen LogP contribution in [0.1, 0.15) is 51.5 Å². The van der Waals surface area contributed by atoms with Crippen molar-refractivity contribution in [3.8, 4) is 0 Å². The molecule has 0 radical (unpaired) electrons. The Balaban J connectivity index is 2.26. The van der Waals surface area contributed by atoms with Gasteiger partial charge in [0, 0.05) is 17.7 Å². The van der Waals surface area contributed by atoms with Crippen molar-refractivity contribution in [1.29, 1.82) is 0 Å². The number of carboxylic acids is 1. The maximum atomic E-state index is 12.6. The molecule has 0 saturated heterocycles. The molecule has 0 aliphatic heterocycles. The maximum Gasteiger partial charge on any atom is 0.326 e. The number of ketones is 1. The van der Waals surface area contributed by atoms with Crippen molar-refractivity contribution in [2.24, 2.45) is 0 Å². The van der Waals surface area contributed by atoms with Crippen LogP contribution >= 0.6 is 0 Å². The van der Waals surface area contributed by atoms with Gasteiger partial charge in [0.15, 0.2) is 5.78 Å². The second kappa shape index (κ2) is 7.79. The van der Waals surface area contributed by atoms with Crippen LogP contribution in [0.15, 0.2) is 30.3 Å². The number of hydrogen-bond donors (Lipinski definition) is 3. The second-order valence-electron chi connectivity index (χ2n) is 5.94. The van der Waals surface area contributed by atoms with Gasteiger partial charge in [0.1, 0.15) is 11.7 Å². The first-order chi connectivity index (χ1) is 11.8. The molecule has 1 aromatic carbocycles. The number of aromatic amines is 1. The van der Waals surface area contributed by atoms with Crippen molar-refractivity contribution >= 4 is 17.7 Å². The lowest BCUT2D eigenvalue weighted by Crippen LogP contribution is -2.42. The van der Waals surface area contributed by atoms with E-state index in [1.807, 2.05) is 37.3 Å². The molecule has 3 N–H and O–H groups in total. The summed E-state index contributed by atoms with van der Waals surface area (Å²) in [6.07, 6.45) is 0.682. The first kappa shape index (κ1) is 18.4. The maximum absolute atomic E-state index is 12.6. The van der Waals surface area contributed by atoms with Crippen molar-refractivity contribution in [1.82, 2.24) is 10.3 Å². The molecule has 0 saturated carbocycles. The molecular weight excluding hydrogens is 320 g/mol. The standard InChI is InChI=1S/C19H22N2O4/c1-4-14-16(12(3)22)11(2)20-17(14)18(23)21-15(19(24)25)10-13-8-6-5-7-9-13/h5-9,15,20H,4,10H2,1-3H3,(H,21,23)(H,24,25)/t15-/m0/s1. The van der Waals surface area contributed by atoms with Crippen molar-refractivity contribution in [2.45, 2.75) is 39.7 Å². The molecule has 1 heterocycles. The number of carbonyl (C=O) groups excluding carboxylic acids is 2. The Hall–Kier alpha value is -2.89. The number of carboxylic acid groups (broad SMARTS) is 1. The molecule has 0 spiro atoms. The van der Waals surface area contributed by atoms with Gasteiger partial charge in [0.2, 0.25) is 0 Å². The van der Waals surface area contributed by atoms with E-state index in [0.29, 0.717) is 23.2 Å². The average Bonchev–Trinajstić information content (AvgIpc) is 2.91. The zero-order valence-corrected chi connectivity index (χ0v) is 14.6. The van der Waals surface area contributed by atoms with Gasteiger partial charge >= 0.3 is 5.97 Å². The number of aliphatic carboxylic acids is 1.